The van der Waals surface area contributed by atoms with Crippen LogP contribution in [0, 0.1) is 0 Å². The third kappa shape index (κ3) is 1.73. The number of hydrogen-bond acceptors (Lipinski definition) is 2. The SMILES string of the molecule is CNc1ccc(C(F)(F)F)n(C)c1=O. The zero-order valence-electron chi connectivity index (χ0n) is 7.64. The monoisotopic (exact) mass is 206 g/mol. The van der Waals surface area contributed by atoms with Gasteiger partial charge in [0.1, 0.15) is 11.4 Å². The van der Waals surface area contributed by atoms with E-state index in [9.17, 15) is 18.0 Å². The number of anilines is 1. The summed E-state index contributed by atoms with van der Waals surface area (Å²) < 4.78 is 37.4. The van der Waals surface area contributed by atoms with Gasteiger partial charge in [0.25, 0.3) is 5.56 Å². The number of alkyl halides is 3. The predicted molar refractivity (Wildman–Crippen MR) is 46.2 cm³/mol. The predicted octanol–water partition coefficient (Wildman–Crippen LogP) is 1.45. The minimum absolute atomic E-state index is 0.139. The van der Waals surface area contributed by atoms with Gasteiger partial charge in [-0.15, -0.1) is 0 Å². The van der Waals surface area contributed by atoms with Crippen LogP contribution in [-0.4, -0.2) is 11.6 Å². The van der Waals surface area contributed by atoms with Crippen LogP contribution < -0.4 is 10.9 Å². The molecule has 0 atom stereocenters. The molecule has 0 aromatic carbocycles. The molecule has 0 radical (unpaired) electrons. The van der Waals surface area contributed by atoms with E-state index in [0.29, 0.717) is 4.57 Å². The van der Waals surface area contributed by atoms with Gasteiger partial charge < -0.3 is 9.88 Å². The van der Waals surface area contributed by atoms with Gasteiger partial charge in [0.05, 0.1) is 0 Å². The van der Waals surface area contributed by atoms with Gasteiger partial charge in [0.2, 0.25) is 0 Å². The normalized spacial score (nSPS) is 11.5. The molecule has 1 N–H and O–H groups in total. The molecule has 0 unspecified atom stereocenters. The summed E-state index contributed by atoms with van der Waals surface area (Å²) in [7, 11) is 2.57. The molecule has 3 nitrogen and oxygen atoms in total. The largest absolute Gasteiger partial charge is 0.431 e. The average Bonchev–Trinajstić information content (AvgIpc) is 2.07. The maximum Gasteiger partial charge on any atom is 0.431 e. The molecule has 0 aliphatic rings. The number of hydrogen-bond donors (Lipinski definition) is 1. The Hall–Kier alpha value is -1.46. The first-order valence-corrected chi connectivity index (χ1v) is 3.83. The molecule has 0 saturated carbocycles. The van der Waals surface area contributed by atoms with Crippen molar-refractivity contribution >= 4 is 5.69 Å². The van der Waals surface area contributed by atoms with E-state index >= 15 is 0 Å². The van der Waals surface area contributed by atoms with E-state index in [1.165, 1.54) is 7.05 Å². The first-order chi connectivity index (χ1) is 6.38. The van der Waals surface area contributed by atoms with Crippen LogP contribution >= 0.6 is 0 Å². The molecule has 6 heteroatoms. The fourth-order valence-corrected chi connectivity index (χ4v) is 1.11. The minimum Gasteiger partial charge on any atom is -0.384 e. The number of halogens is 3. The van der Waals surface area contributed by atoms with Crippen LogP contribution in [0.3, 0.4) is 0 Å². The standard InChI is InChI=1S/C8H9F3N2O/c1-12-5-3-4-6(8(9,10)11)13(2)7(5)14/h3-4,12H,1-2H3. The van der Waals surface area contributed by atoms with E-state index in [1.807, 2.05) is 0 Å². The molecule has 0 aliphatic heterocycles. The Morgan fingerprint density at radius 3 is 2.36 bits per heavy atom. The van der Waals surface area contributed by atoms with E-state index in [4.69, 9.17) is 0 Å². The first kappa shape index (κ1) is 10.6. The van der Waals surface area contributed by atoms with E-state index in [2.05, 4.69) is 5.32 Å². The van der Waals surface area contributed by atoms with E-state index in [1.54, 1.807) is 0 Å². The topological polar surface area (TPSA) is 34.0 Å². The Balaban J connectivity index is 3.40. The first-order valence-electron chi connectivity index (χ1n) is 3.83. The maximum absolute atomic E-state index is 12.3. The highest BCUT2D eigenvalue weighted by atomic mass is 19.4. The molecule has 0 spiro atoms. The third-order valence-corrected chi connectivity index (χ3v) is 1.86. The van der Waals surface area contributed by atoms with E-state index < -0.39 is 17.4 Å². The van der Waals surface area contributed by atoms with Gasteiger partial charge in [0.15, 0.2) is 0 Å². The molecule has 1 heterocycles. The van der Waals surface area contributed by atoms with Crippen molar-refractivity contribution in [2.45, 2.75) is 6.18 Å². The van der Waals surface area contributed by atoms with Crippen LogP contribution in [0.5, 0.6) is 0 Å². The van der Waals surface area contributed by atoms with Gasteiger partial charge >= 0.3 is 6.18 Å². The molecule has 0 bridgehead atoms. The number of rotatable bonds is 1. The highest BCUT2D eigenvalue weighted by molar-refractivity contribution is 5.41. The summed E-state index contributed by atoms with van der Waals surface area (Å²) in [5, 5.41) is 2.51. The number of pyridine rings is 1. The quantitative estimate of drug-likeness (QED) is 0.754. The summed E-state index contributed by atoms with van der Waals surface area (Å²) in [6.45, 7) is 0. The summed E-state index contributed by atoms with van der Waals surface area (Å²) in [4.78, 5) is 11.3. The fourth-order valence-electron chi connectivity index (χ4n) is 1.11. The van der Waals surface area contributed by atoms with Crippen molar-refractivity contribution in [2.75, 3.05) is 12.4 Å². The van der Waals surface area contributed by atoms with Crippen LogP contribution in [0.1, 0.15) is 5.69 Å². The van der Waals surface area contributed by atoms with Gasteiger partial charge in [0, 0.05) is 14.1 Å². The van der Waals surface area contributed by atoms with Crippen LogP contribution in [-0.2, 0) is 13.2 Å². The molecular weight excluding hydrogens is 197 g/mol. The fraction of sp³-hybridized carbons (Fsp3) is 0.375. The third-order valence-electron chi connectivity index (χ3n) is 1.86. The van der Waals surface area contributed by atoms with Crippen LogP contribution in [0.15, 0.2) is 16.9 Å². The van der Waals surface area contributed by atoms with Crippen LogP contribution in [0.4, 0.5) is 18.9 Å². The van der Waals surface area contributed by atoms with Crippen molar-refractivity contribution < 1.29 is 13.2 Å². The Morgan fingerprint density at radius 1 is 1.36 bits per heavy atom. The molecule has 1 aromatic rings. The highest BCUT2D eigenvalue weighted by Gasteiger charge is 2.33. The van der Waals surface area contributed by atoms with Gasteiger partial charge in [-0.1, -0.05) is 0 Å². The van der Waals surface area contributed by atoms with Crippen LogP contribution in [0.2, 0.25) is 0 Å². The lowest BCUT2D eigenvalue weighted by atomic mass is 10.3. The highest BCUT2D eigenvalue weighted by Crippen LogP contribution is 2.28. The molecule has 0 amide bonds. The second-order valence-electron chi connectivity index (χ2n) is 2.74. The Morgan fingerprint density at radius 2 is 1.93 bits per heavy atom. The number of nitrogens with zero attached hydrogens (tertiary/aromatic N) is 1. The van der Waals surface area contributed by atoms with Crippen molar-refractivity contribution in [1.82, 2.24) is 4.57 Å². The Labute approximate surface area is 78.2 Å². The summed E-state index contributed by atoms with van der Waals surface area (Å²) >= 11 is 0. The summed E-state index contributed by atoms with van der Waals surface area (Å²) in [6.07, 6.45) is -4.50. The lowest BCUT2D eigenvalue weighted by molar-refractivity contribution is -0.143. The van der Waals surface area contributed by atoms with Gasteiger partial charge in [-0.3, -0.25) is 4.79 Å². The lowest BCUT2D eigenvalue weighted by Gasteiger charge is -2.12. The number of nitrogens with one attached hydrogen (secondary N) is 1. The zero-order valence-corrected chi connectivity index (χ0v) is 7.64. The second kappa shape index (κ2) is 3.36. The van der Waals surface area contributed by atoms with Crippen molar-refractivity contribution in [1.29, 1.82) is 0 Å². The molecule has 14 heavy (non-hydrogen) atoms. The van der Waals surface area contributed by atoms with Gasteiger partial charge in [-0.25, -0.2) is 0 Å². The average molecular weight is 206 g/mol. The molecule has 78 valence electrons. The summed E-state index contributed by atoms with van der Waals surface area (Å²) in [5.74, 6) is 0. The molecule has 0 aliphatic carbocycles. The van der Waals surface area contributed by atoms with Crippen molar-refractivity contribution in [3.05, 3.63) is 28.2 Å². The van der Waals surface area contributed by atoms with Gasteiger partial charge in [-0.05, 0) is 12.1 Å². The smallest absolute Gasteiger partial charge is 0.384 e. The summed E-state index contributed by atoms with van der Waals surface area (Å²) in [6, 6.07) is 1.98. The molecule has 1 rings (SSSR count). The van der Waals surface area contributed by atoms with Gasteiger partial charge in [-0.2, -0.15) is 13.2 Å². The molecule has 0 saturated heterocycles. The zero-order chi connectivity index (χ0) is 10.9. The lowest BCUT2D eigenvalue weighted by Crippen LogP contribution is -2.26. The second-order valence-corrected chi connectivity index (χ2v) is 2.74. The molecular formula is C8H9F3N2O. The number of aromatic nitrogens is 1. The van der Waals surface area contributed by atoms with Crippen LogP contribution in [0.25, 0.3) is 0 Å². The molecule has 0 fully saturated rings. The summed E-state index contributed by atoms with van der Waals surface area (Å²) in [5.41, 5.74) is -1.51. The van der Waals surface area contributed by atoms with E-state index in [0.717, 1.165) is 19.2 Å². The maximum atomic E-state index is 12.3. The van der Waals surface area contributed by atoms with Crippen molar-refractivity contribution in [3.8, 4) is 0 Å². The Bertz CT molecular complexity index is 395. The Kier molecular flexibility index (Phi) is 2.55. The van der Waals surface area contributed by atoms with Crippen molar-refractivity contribution in [2.24, 2.45) is 7.05 Å². The van der Waals surface area contributed by atoms with Crippen molar-refractivity contribution in [3.63, 3.8) is 0 Å². The molecule has 1 aromatic heterocycles. The van der Waals surface area contributed by atoms with E-state index in [-0.39, 0.29) is 5.69 Å². The minimum atomic E-state index is -4.50.